The van der Waals surface area contributed by atoms with Gasteiger partial charge in [-0.25, -0.2) is 0 Å². The molecule has 0 aliphatic carbocycles. The average Bonchev–Trinajstić information content (AvgIpc) is 2.93. The van der Waals surface area contributed by atoms with Gasteiger partial charge in [0, 0.05) is 13.1 Å². The Labute approximate surface area is 122 Å². The van der Waals surface area contributed by atoms with E-state index in [2.05, 4.69) is 16.7 Å². The molecule has 6 heteroatoms. The van der Waals surface area contributed by atoms with Crippen LogP contribution in [0.2, 0.25) is 0 Å². The van der Waals surface area contributed by atoms with Gasteiger partial charge < -0.3 is 14.5 Å². The second kappa shape index (κ2) is 6.81. The van der Waals surface area contributed by atoms with Gasteiger partial charge in [-0.2, -0.15) is 4.98 Å². The molecule has 1 amide bonds. The Bertz CT molecular complexity index is 637. The lowest BCUT2D eigenvalue weighted by molar-refractivity contribution is 0.0743. The molecule has 0 saturated carbocycles. The van der Waals surface area contributed by atoms with Crippen LogP contribution in [-0.4, -0.2) is 45.8 Å². The lowest BCUT2D eigenvalue weighted by Gasteiger charge is -2.20. The smallest absolute Gasteiger partial charge is 0.258 e. The lowest BCUT2D eigenvalue weighted by atomic mass is 10.1. The Morgan fingerprint density at radius 1 is 1.48 bits per heavy atom. The number of hydrogen-bond donors (Lipinski definition) is 1. The van der Waals surface area contributed by atoms with Crippen molar-refractivity contribution in [1.82, 2.24) is 15.0 Å². The third kappa shape index (κ3) is 3.35. The van der Waals surface area contributed by atoms with Crippen LogP contribution in [0.1, 0.15) is 16.2 Å². The molecule has 0 aliphatic heterocycles. The fraction of sp³-hybridized carbons (Fsp3) is 0.267. The molecule has 1 N–H and O–H groups in total. The van der Waals surface area contributed by atoms with Gasteiger partial charge in [0.2, 0.25) is 0 Å². The summed E-state index contributed by atoms with van der Waals surface area (Å²) in [6.07, 6.45) is 1.62. The third-order valence-corrected chi connectivity index (χ3v) is 2.92. The summed E-state index contributed by atoms with van der Waals surface area (Å²) >= 11 is 0. The molecule has 6 nitrogen and oxygen atoms in total. The highest BCUT2D eigenvalue weighted by Gasteiger charge is 2.20. The van der Waals surface area contributed by atoms with Crippen molar-refractivity contribution in [1.29, 1.82) is 0 Å². The van der Waals surface area contributed by atoms with Crippen molar-refractivity contribution in [2.45, 2.75) is 6.92 Å². The van der Waals surface area contributed by atoms with Crippen LogP contribution in [-0.2, 0) is 0 Å². The first-order valence-corrected chi connectivity index (χ1v) is 6.58. The first-order chi connectivity index (χ1) is 10.2. The number of carbonyl (C=O) groups excluding carboxylic acids is 1. The Hall–Kier alpha value is -2.47. The van der Waals surface area contributed by atoms with Crippen molar-refractivity contribution >= 4 is 5.91 Å². The van der Waals surface area contributed by atoms with Crippen LogP contribution in [0.3, 0.4) is 0 Å². The number of amides is 1. The summed E-state index contributed by atoms with van der Waals surface area (Å²) in [4.78, 5) is 18.3. The van der Waals surface area contributed by atoms with E-state index in [0.29, 0.717) is 29.4 Å². The zero-order valence-electron chi connectivity index (χ0n) is 11.8. The van der Waals surface area contributed by atoms with E-state index in [0.717, 1.165) is 0 Å². The van der Waals surface area contributed by atoms with Gasteiger partial charge in [-0.15, -0.1) is 6.58 Å². The summed E-state index contributed by atoms with van der Waals surface area (Å²) in [5, 5.41) is 12.8. The van der Waals surface area contributed by atoms with Gasteiger partial charge in [0.1, 0.15) is 0 Å². The van der Waals surface area contributed by atoms with Crippen LogP contribution < -0.4 is 0 Å². The highest BCUT2D eigenvalue weighted by atomic mass is 16.5. The molecule has 1 heterocycles. The van der Waals surface area contributed by atoms with Crippen molar-refractivity contribution in [2.24, 2.45) is 0 Å². The number of benzene rings is 1. The van der Waals surface area contributed by atoms with Crippen LogP contribution in [0.25, 0.3) is 11.5 Å². The van der Waals surface area contributed by atoms with Crippen molar-refractivity contribution in [3.8, 4) is 11.5 Å². The lowest BCUT2D eigenvalue weighted by Crippen LogP contribution is -2.34. The molecule has 1 aromatic carbocycles. The Morgan fingerprint density at radius 2 is 2.24 bits per heavy atom. The van der Waals surface area contributed by atoms with Gasteiger partial charge in [0.15, 0.2) is 5.82 Å². The minimum atomic E-state index is -0.213. The molecule has 1 aromatic heterocycles. The van der Waals surface area contributed by atoms with Gasteiger partial charge in [-0.3, -0.25) is 4.79 Å². The van der Waals surface area contributed by atoms with Crippen LogP contribution in [0, 0.1) is 6.92 Å². The number of rotatable bonds is 6. The molecule has 0 spiro atoms. The zero-order valence-corrected chi connectivity index (χ0v) is 11.8. The van der Waals surface area contributed by atoms with Crippen LogP contribution in [0.5, 0.6) is 0 Å². The molecule has 0 bridgehead atoms. The molecular formula is C15H17N3O3. The number of aliphatic hydroxyl groups is 1. The van der Waals surface area contributed by atoms with E-state index < -0.39 is 0 Å². The van der Waals surface area contributed by atoms with Crippen molar-refractivity contribution in [3.63, 3.8) is 0 Å². The van der Waals surface area contributed by atoms with E-state index >= 15 is 0 Å². The maximum atomic E-state index is 12.6. The molecule has 0 saturated heterocycles. The first-order valence-electron chi connectivity index (χ1n) is 6.58. The number of carbonyl (C=O) groups is 1. The second-order valence-corrected chi connectivity index (χ2v) is 4.46. The number of hydrogen-bond acceptors (Lipinski definition) is 5. The minimum absolute atomic E-state index is 0.110. The third-order valence-electron chi connectivity index (χ3n) is 2.92. The van der Waals surface area contributed by atoms with Crippen LogP contribution in [0.4, 0.5) is 0 Å². The van der Waals surface area contributed by atoms with Crippen LogP contribution in [0.15, 0.2) is 41.4 Å². The first kappa shape index (κ1) is 14.9. The molecule has 0 radical (unpaired) electrons. The number of aliphatic hydroxyl groups excluding tert-OH is 1. The van der Waals surface area contributed by atoms with Gasteiger partial charge in [-0.05, 0) is 19.1 Å². The summed E-state index contributed by atoms with van der Waals surface area (Å²) in [5.41, 5.74) is 1.03. The highest BCUT2D eigenvalue weighted by Crippen LogP contribution is 2.23. The quantitative estimate of drug-likeness (QED) is 0.817. The van der Waals surface area contributed by atoms with E-state index in [1.54, 1.807) is 37.3 Å². The molecule has 0 atom stereocenters. The number of aryl methyl sites for hydroxylation is 1. The SMILES string of the molecule is C=CCN(CCO)C(=O)c1ccccc1-c1nc(C)no1. The van der Waals surface area contributed by atoms with E-state index in [9.17, 15) is 4.79 Å². The number of aromatic nitrogens is 2. The second-order valence-electron chi connectivity index (χ2n) is 4.46. The molecule has 0 fully saturated rings. The maximum Gasteiger partial charge on any atom is 0.258 e. The van der Waals surface area contributed by atoms with Gasteiger partial charge in [-0.1, -0.05) is 23.4 Å². The standard InChI is InChI=1S/C15H17N3O3/c1-3-8-18(9-10-19)15(20)13-7-5-4-6-12(13)14-16-11(2)17-21-14/h3-7,19H,1,8-10H2,2H3. The molecule has 0 unspecified atom stereocenters. The van der Waals surface area contributed by atoms with E-state index in [4.69, 9.17) is 9.63 Å². The Morgan fingerprint density at radius 3 is 2.86 bits per heavy atom. The fourth-order valence-electron chi connectivity index (χ4n) is 1.99. The normalized spacial score (nSPS) is 10.4. The van der Waals surface area contributed by atoms with Crippen molar-refractivity contribution < 1.29 is 14.4 Å². The molecule has 21 heavy (non-hydrogen) atoms. The summed E-state index contributed by atoms with van der Waals surface area (Å²) in [6, 6.07) is 7.02. The molecular weight excluding hydrogens is 270 g/mol. The van der Waals surface area contributed by atoms with E-state index in [-0.39, 0.29) is 19.1 Å². The summed E-state index contributed by atoms with van der Waals surface area (Å²) in [7, 11) is 0. The molecule has 2 aromatic rings. The predicted octanol–water partition coefficient (Wildman–Crippen LogP) is 1.67. The van der Waals surface area contributed by atoms with Crippen molar-refractivity contribution in [3.05, 3.63) is 48.3 Å². The molecule has 110 valence electrons. The summed E-state index contributed by atoms with van der Waals surface area (Å²) in [6.45, 7) is 5.83. The average molecular weight is 287 g/mol. The fourth-order valence-corrected chi connectivity index (χ4v) is 1.99. The number of nitrogens with zero attached hydrogens (tertiary/aromatic N) is 3. The van der Waals surface area contributed by atoms with Crippen LogP contribution >= 0.6 is 0 Å². The van der Waals surface area contributed by atoms with E-state index in [1.807, 2.05) is 0 Å². The summed E-state index contributed by atoms with van der Waals surface area (Å²) < 4.78 is 5.14. The molecule has 0 aliphatic rings. The predicted molar refractivity (Wildman–Crippen MR) is 77.7 cm³/mol. The topological polar surface area (TPSA) is 79.5 Å². The van der Waals surface area contributed by atoms with E-state index in [1.165, 1.54) is 4.90 Å². The summed E-state index contributed by atoms with van der Waals surface area (Å²) in [5.74, 6) is 0.597. The Kier molecular flexibility index (Phi) is 4.84. The monoisotopic (exact) mass is 287 g/mol. The largest absolute Gasteiger partial charge is 0.395 e. The highest BCUT2D eigenvalue weighted by molar-refractivity contribution is 6.00. The molecule has 2 rings (SSSR count). The Balaban J connectivity index is 2.39. The zero-order chi connectivity index (χ0) is 15.2. The van der Waals surface area contributed by atoms with Gasteiger partial charge in [0.25, 0.3) is 11.8 Å². The van der Waals surface area contributed by atoms with Gasteiger partial charge in [0.05, 0.1) is 17.7 Å². The van der Waals surface area contributed by atoms with Crippen molar-refractivity contribution in [2.75, 3.05) is 19.7 Å². The maximum absolute atomic E-state index is 12.6. The minimum Gasteiger partial charge on any atom is -0.395 e. The van der Waals surface area contributed by atoms with Gasteiger partial charge >= 0.3 is 0 Å².